The van der Waals surface area contributed by atoms with Gasteiger partial charge in [-0.3, -0.25) is 14.8 Å². The summed E-state index contributed by atoms with van der Waals surface area (Å²) in [5.41, 5.74) is 0.461. The molecular formula is C16H20ClN5O3. The fourth-order valence-electron chi connectivity index (χ4n) is 2.23. The zero-order valence-electron chi connectivity index (χ0n) is 13.9. The maximum Gasteiger partial charge on any atom is 0.274 e. The lowest BCUT2D eigenvalue weighted by atomic mass is 10.0. The zero-order chi connectivity index (χ0) is 18.1. The van der Waals surface area contributed by atoms with Gasteiger partial charge in [-0.15, -0.1) is 0 Å². The number of nitrogens with one attached hydrogen (secondary N) is 1. The van der Waals surface area contributed by atoms with Crippen molar-refractivity contribution < 1.29 is 14.3 Å². The third-order valence-corrected chi connectivity index (χ3v) is 3.64. The minimum Gasteiger partial charge on any atom is -0.477 e. The lowest BCUT2D eigenvalue weighted by Crippen LogP contribution is -2.25. The number of halogens is 1. The van der Waals surface area contributed by atoms with Gasteiger partial charge in [0.2, 0.25) is 11.2 Å². The van der Waals surface area contributed by atoms with Crippen molar-refractivity contribution in [3.05, 3.63) is 28.9 Å². The molecule has 1 saturated heterocycles. The number of carbonyl (C=O) groups is 1. The second-order valence-corrected chi connectivity index (χ2v) is 5.67. The molecule has 1 amide bonds. The molecule has 2 heterocycles. The van der Waals surface area contributed by atoms with Crippen molar-refractivity contribution in [3.8, 4) is 5.88 Å². The maximum absolute atomic E-state index is 12.3. The van der Waals surface area contributed by atoms with Crippen LogP contribution < -0.4 is 10.1 Å². The number of rotatable bonds is 7. The molecule has 0 unspecified atom stereocenters. The van der Waals surface area contributed by atoms with E-state index in [1.165, 1.54) is 18.5 Å². The molecule has 1 N–H and O–H groups in total. The standard InChI is InChI=1S/C16H20ClN5O3/c1-18-8-12(9-19-2)20-15(23)13-7-14(22-16(17)21-13)25-10-11-3-5-24-6-4-11/h7-9,11H,1,3-6,10H2,2H3,(H,20,23)/b12-8+,19-9?. The average molecular weight is 366 g/mol. The molecule has 0 aromatic carbocycles. The Kier molecular flexibility index (Phi) is 7.49. The van der Waals surface area contributed by atoms with Gasteiger partial charge in [-0.2, -0.15) is 4.98 Å². The summed E-state index contributed by atoms with van der Waals surface area (Å²) in [7, 11) is 1.58. The number of hydrogen-bond acceptors (Lipinski definition) is 7. The van der Waals surface area contributed by atoms with Crippen molar-refractivity contribution >= 4 is 30.4 Å². The van der Waals surface area contributed by atoms with Gasteiger partial charge in [-0.05, 0) is 37.1 Å². The van der Waals surface area contributed by atoms with Crippen molar-refractivity contribution in [3.63, 3.8) is 0 Å². The number of amides is 1. The van der Waals surface area contributed by atoms with Gasteiger partial charge < -0.3 is 14.8 Å². The Balaban J connectivity index is 2.05. The Morgan fingerprint density at radius 3 is 2.96 bits per heavy atom. The van der Waals surface area contributed by atoms with Crippen LogP contribution in [0.4, 0.5) is 0 Å². The Labute approximate surface area is 151 Å². The molecule has 25 heavy (non-hydrogen) atoms. The van der Waals surface area contributed by atoms with Gasteiger partial charge in [0.25, 0.3) is 5.91 Å². The van der Waals surface area contributed by atoms with Crippen LogP contribution in [0.15, 0.2) is 27.9 Å². The molecule has 1 aliphatic heterocycles. The highest BCUT2D eigenvalue weighted by molar-refractivity contribution is 6.28. The van der Waals surface area contributed by atoms with Crippen molar-refractivity contribution in [2.75, 3.05) is 26.9 Å². The van der Waals surface area contributed by atoms with E-state index in [9.17, 15) is 4.79 Å². The van der Waals surface area contributed by atoms with Gasteiger partial charge in [0.1, 0.15) is 5.69 Å². The summed E-state index contributed by atoms with van der Waals surface area (Å²) in [6.45, 7) is 5.30. The number of nitrogens with zero attached hydrogens (tertiary/aromatic N) is 4. The molecule has 9 heteroatoms. The first-order chi connectivity index (χ1) is 12.1. The first-order valence-corrected chi connectivity index (χ1v) is 8.14. The summed E-state index contributed by atoms with van der Waals surface area (Å²) < 4.78 is 11.0. The normalized spacial score (nSPS) is 16.0. The van der Waals surface area contributed by atoms with E-state index in [-0.39, 0.29) is 16.9 Å². The molecular weight excluding hydrogens is 346 g/mol. The van der Waals surface area contributed by atoms with Crippen molar-refractivity contribution in [1.82, 2.24) is 15.3 Å². The molecule has 2 rings (SSSR count). The first kappa shape index (κ1) is 19.0. The van der Waals surface area contributed by atoms with Crippen LogP contribution in [0.25, 0.3) is 0 Å². The average Bonchev–Trinajstić information content (AvgIpc) is 2.61. The van der Waals surface area contributed by atoms with Crippen LogP contribution in [-0.4, -0.2) is 55.7 Å². The quantitative estimate of drug-likeness (QED) is 0.588. The highest BCUT2D eigenvalue weighted by atomic mass is 35.5. The lowest BCUT2D eigenvalue weighted by Gasteiger charge is -2.21. The zero-order valence-corrected chi connectivity index (χ0v) is 14.7. The van der Waals surface area contributed by atoms with Gasteiger partial charge >= 0.3 is 0 Å². The highest BCUT2D eigenvalue weighted by Crippen LogP contribution is 2.18. The molecule has 0 saturated carbocycles. The van der Waals surface area contributed by atoms with E-state index in [1.54, 1.807) is 7.05 Å². The van der Waals surface area contributed by atoms with Gasteiger partial charge in [-0.1, -0.05) is 0 Å². The third kappa shape index (κ3) is 6.24. The van der Waals surface area contributed by atoms with E-state index in [2.05, 4.69) is 32.0 Å². The van der Waals surface area contributed by atoms with Gasteiger partial charge in [0, 0.05) is 32.5 Å². The molecule has 1 fully saturated rings. The number of aliphatic imine (C=N–C) groups is 2. The molecule has 0 bridgehead atoms. The summed E-state index contributed by atoms with van der Waals surface area (Å²) in [6, 6.07) is 1.45. The molecule has 1 aromatic rings. The molecule has 0 atom stereocenters. The van der Waals surface area contributed by atoms with Crippen LogP contribution >= 0.6 is 11.6 Å². The predicted octanol–water partition coefficient (Wildman–Crippen LogP) is 1.91. The fraction of sp³-hybridized carbons (Fsp3) is 0.438. The molecule has 134 valence electrons. The van der Waals surface area contributed by atoms with Crippen molar-refractivity contribution in [2.45, 2.75) is 12.8 Å². The van der Waals surface area contributed by atoms with Crippen molar-refractivity contribution in [1.29, 1.82) is 0 Å². The Bertz CT molecular complexity index is 672. The lowest BCUT2D eigenvalue weighted by molar-refractivity contribution is 0.0490. The second-order valence-electron chi connectivity index (χ2n) is 5.34. The first-order valence-electron chi connectivity index (χ1n) is 7.77. The number of aromatic nitrogens is 2. The highest BCUT2D eigenvalue weighted by Gasteiger charge is 2.17. The van der Waals surface area contributed by atoms with E-state index in [1.807, 2.05) is 0 Å². The minimum atomic E-state index is -0.477. The van der Waals surface area contributed by atoms with Gasteiger partial charge in [0.15, 0.2) is 0 Å². The molecule has 1 aromatic heterocycles. The van der Waals surface area contributed by atoms with E-state index in [4.69, 9.17) is 21.1 Å². The van der Waals surface area contributed by atoms with Gasteiger partial charge in [0.05, 0.1) is 18.5 Å². The van der Waals surface area contributed by atoms with Crippen molar-refractivity contribution in [2.24, 2.45) is 15.9 Å². The third-order valence-electron chi connectivity index (χ3n) is 3.47. The monoisotopic (exact) mass is 365 g/mol. The number of hydrogen-bond donors (Lipinski definition) is 1. The summed E-state index contributed by atoms with van der Waals surface area (Å²) in [4.78, 5) is 27.7. The molecule has 0 spiro atoms. The number of carbonyl (C=O) groups excluding carboxylic acids is 1. The van der Waals surface area contributed by atoms with Crippen LogP contribution in [-0.2, 0) is 4.74 Å². The smallest absolute Gasteiger partial charge is 0.274 e. The van der Waals surface area contributed by atoms with E-state index >= 15 is 0 Å². The van der Waals surface area contributed by atoms with E-state index < -0.39 is 5.91 Å². The predicted molar refractivity (Wildman–Crippen MR) is 95.6 cm³/mol. The summed E-state index contributed by atoms with van der Waals surface area (Å²) in [5.74, 6) is 0.178. The topological polar surface area (TPSA) is 98.1 Å². The summed E-state index contributed by atoms with van der Waals surface area (Å²) in [5, 5.41) is 2.55. The maximum atomic E-state index is 12.3. The van der Waals surface area contributed by atoms with Crippen LogP contribution in [0.5, 0.6) is 5.88 Å². The Morgan fingerprint density at radius 1 is 1.52 bits per heavy atom. The van der Waals surface area contributed by atoms with E-state index in [0.29, 0.717) is 18.2 Å². The largest absolute Gasteiger partial charge is 0.477 e. The minimum absolute atomic E-state index is 0.0637. The van der Waals surface area contributed by atoms with Crippen LogP contribution in [0.3, 0.4) is 0 Å². The van der Waals surface area contributed by atoms with Crippen LogP contribution in [0, 0.1) is 5.92 Å². The molecule has 0 radical (unpaired) electrons. The van der Waals surface area contributed by atoms with Crippen LogP contribution in [0.1, 0.15) is 23.3 Å². The summed E-state index contributed by atoms with van der Waals surface area (Å²) >= 11 is 5.90. The van der Waals surface area contributed by atoms with Gasteiger partial charge in [-0.25, -0.2) is 4.98 Å². The Morgan fingerprint density at radius 2 is 2.28 bits per heavy atom. The van der Waals surface area contributed by atoms with Crippen LogP contribution in [0.2, 0.25) is 5.28 Å². The second kappa shape index (κ2) is 9.85. The Hall–Kier alpha value is -2.32. The number of ether oxygens (including phenoxy) is 2. The molecule has 1 aliphatic rings. The van der Waals surface area contributed by atoms with E-state index in [0.717, 1.165) is 26.1 Å². The molecule has 0 aliphatic carbocycles. The summed E-state index contributed by atoms with van der Waals surface area (Å²) in [6.07, 6.45) is 4.69. The fourth-order valence-corrected chi connectivity index (χ4v) is 2.41. The molecule has 8 nitrogen and oxygen atoms in total. The number of allylic oxidation sites excluding steroid dienone is 1. The SMILES string of the molecule is C=N/C=C(\C=NC)NC(=O)c1cc(OCC2CCOCC2)nc(Cl)n1.